The van der Waals surface area contributed by atoms with Gasteiger partial charge in [0.15, 0.2) is 0 Å². The van der Waals surface area contributed by atoms with Crippen LogP contribution in [0, 0.1) is 0 Å². The smallest absolute Gasteiger partial charge is 0.352 e. The zero-order valence-electron chi connectivity index (χ0n) is 4.06. The highest BCUT2D eigenvalue weighted by Crippen LogP contribution is 1.25. The first-order chi connectivity index (χ1) is 1.73. The van der Waals surface area contributed by atoms with Crippen LogP contribution >= 0.6 is 0 Å². The van der Waals surface area contributed by atoms with Crippen LogP contribution in [0.4, 0.5) is 4.79 Å². The fraction of sp³-hybridized carbons (Fsp3) is 0. The third-order valence-corrected chi connectivity index (χ3v) is 0. The summed E-state index contributed by atoms with van der Waals surface area (Å²) in [5.41, 5.74) is 8.50. The second-order valence-electron chi connectivity index (χ2n) is 0.402. The van der Waals surface area contributed by atoms with Gasteiger partial charge in [-0.3, -0.25) is 0 Å². The molecular formula is CH6N2O+2. The Morgan fingerprint density at radius 2 is 1.75 bits per heavy atom. The summed E-state index contributed by atoms with van der Waals surface area (Å²) < 4.78 is 0. The fourth-order valence-electron chi connectivity index (χ4n) is 0. The molecule has 3 nitrogen and oxygen atoms in total. The number of carbonyl (C=O) groups excluding carboxylic acids is 1. The Balaban J connectivity index is -0.0000000450. The lowest BCUT2D eigenvalue weighted by atomic mass is 11.2. The highest BCUT2D eigenvalue weighted by atomic mass is 16.2. The van der Waals surface area contributed by atoms with Gasteiger partial charge < -0.3 is 11.5 Å². The molecule has 0 atom stereocenters. The van der Waals surface area contributed by atoms with Crippen LogP contribution in [-0.4, -0.2) is 6.03 Å². The Bertz CT molecular complexity index is 34.5. The van der Waals surface area contributed by atoms with E-state index in [4.69, 9.17) is 4.79 Å². The molecule has 24 valence electrons. The van der Waals surface area contributed by atoms with E-state index in [1.807, 2.05) is 0 Å². The molecule has 3 heteroatoms. The van der Waals surface area contributed by atoms with Crippen LogP contribution < -0.4 is 11.5 Å². The summed E-state index contributed by atoms with van der Waals surface area (Å²) in [6.45, 7) is 0. The summed E-state index contributed by atoms with van der Waals surface area (Å²) >= 11 is 0. The van der Waals surface area contributed by atoms with Crippen LogP contribution in [0.5, 0.6) is 0 Å². The largest absolute Gasteiger partial charge is 1.00 e. The van der Waals surface area contributed by atoms with Crippen LogP contribution in [-0.2, 0) is 0 Å². The van der Waals surface area contributed by atoms with Gasteiger partial charge in [-0.05, 0) is 0 Å². The van der Waals surface area contributed by atoms with Crippen molar-refractivity contribution in [2.45, 2.75) is 0 Å². The zero-order valence-corrected chi connectivity index (χ0v) is 2.06. The topological polar surface area (TPSA) is 69.1 Å². The van der Waals surface area contributed by atoms with Gasteiger partial charge in [0, 0.05) is 0 Å². The van der Waals surface area contributed by atoms with E-state index < -0.39 is 6.03 Å². The van der Waals surface area contributed by atoms with Crippen LogP contribution in [0.1, 0.15) is 2.85 Å². The van der Waals surface area contributed by atoms with Crippen molar-refractivity contribution in [2.24, 2.45) is 11.5 Å². The second-order valence-corrected chi connectivity index (χ2v) is 0.402. The molecule has 0 unspecified atom stereocenters. The molecule has 0 saturated heterocycles. The predicted molar refractivity (Wildman–Crippen MR) is 16.0 cm³/mol. The summed E-state index contributed by atoms with van der Waals surface area (Å²) in [6, 6.07) is -0.833. The van der Waals surface area contributed by atoms with Crippen molar-refractivity contribution in [3.63, 3.8) is 0 Å². The van der Waals surface area contributed by atoms with Gasteiger partial charge in [-0.15, -0.1) is 0 Å². The van der Waals surface area contributed by atoms with Crippen molar-refractivity contribution >= 4 is 6.03 Å². The Morgan fingerprint density at radius 3 is 1.75 bits per heavy atom. The maximum atomic E-state index is 9.00. The quantitative estimate of drug-likeness (QED) is 0.381. The number of hydrogen-bond acceptors (Lipinski definition) is 1. The van der Waals surface area contributed by atoms with E-state index in [0.717, 1.165) is 0 Å². The van der Waals surface area contributed by atoms with E-state index in [1.165, 1.54) is 0 Å². The number of primary amides is 2. The van der Waals surface area contributed by atoms with Crippen LogP contribution in [0.15, 0.2) is 0 Å². The minimum Gasteiger partial charge on any atom is -0.352 e. The number of urea groups is 1. The summed E-state index contributed by atoms with van der Waals surface area (Å²) in [4.78, 5) is 9.00. The Labute approximate surface area is 26.6 Å². The average molecular weight is 62.1 g/mol. The van der Waals surface area contributed by atoms with Crippen molar-refractivity contribution < 1.29 is 7.65 Å². The number of hydrogen-bond donors (Lipinski definition) is 2. The summed E-state index contributed by atoms with van der Waals surface area (Å²) in [5, 5.41) is 0. The maximum absolute atomic E-state index is 9.00. The molecule has 2 amide bonds. The first-order valence-corrected chi connectivity index (χ1v) is 0.781. The summed E-state index contributed by atoms with van der Waals surface area (Å²) in [5.74, 6) is 0. The molecule has 0 aliphatic heterocycles. The van der Waals surface area contributed by atoms with Gasteiger partial charge >= 0.3 is 8.88 Å². The van der Waals surface area contributed by atoms with Gasteiger partial charge in [0.05, 0.1) is 0 Å². The third-order valence-electron chi connectivity index (χ3n) is 0. The van der Waals surface area contributed by atoms with Crippen molar-refractivity contribution in [3.05, 3.63) is 0 Å². The van der Waals surface area contributed by atoms with Crippen LogP contribution in [0.25, 0.3) is 0 Å². The van der Waals surface area contributed by atoms with E-state index in [2.05, 4.69) is 11.5 Å². The highest BCUT2D eigenvalue weighted by molar-refractivity contribution is 5.69. The molecule has 0 fully saturated rings. The van der Waals surface area contributed by atoms with E-state index in [1.54, 1.807) is 0 Å². The Morgan fingerprint density at radius 1 is 1.75 bits per heavy atom. The number of nitrogens with two attached hydrogens (primary N) is 2. The predicted octanol–water partition coefficient (Wildman–Crippen LogP) is -0.751. The summed E-state index contributed by atoms with van der Waals surface area (Å²) in [7, 11) is 0. The van der Waals surface area contributed by atoms with E-state index in [-0.39, 0.29) is 2.85 Å². The normalized spacial score (nSPS) is 6.00. The van der Waals surface area contributed by atoms with Crippen molar-refractivity contribution in [1.82, 2.24) is 0 Å². The molecule has 0 radical (unpaired) electrons. The molecule has 0 heterocycles. The van der Waals surface area contributed by atoms with Crippen LogP contribution in [0.3, 0.4) is 0 Å². The van der Waals surface area contributed by atoms with Gasteiger partial charge in [0.25, 0.3) is 0 Å². The van der Waals surface area contributed by atoms with Gasteiger partial charge in [0.2, 0.25) is 0 Å². The van der Waals surface area contributed by atoms with Gasteiger partial charge in [-0.2, -0.15) is 0 Å². The summed E-state index contributed by atoms with van der Waals surface area (Å²) in [6.07, 6.45) is 0. The third kappa shape index (κ3) is 0.174. The monoisotopic (exact) mass is 62.0 g/mol. The molecule has 0 rings (SSSR count). The van der Waals surface area contributed by atoms with Crippen LogP contribution in [0.2, 0.25) is 0 Å². The lowest BCUT2D eigenvalue weighted by Gasteiger charge is -1.62. The maximum Gasteiger partial charge on any atom is 1.00 e. The highest BCUT2D eigenvalue weighted by Gasteiger charge is 1.60. The Kier molecular flexibility index (Phi) is 0.581. The number of carbonyl (C=O) groups is 1. The molecule has 0 saturated carbocycles. The number of rotatable bonds is 0. The first kappa shape index (κ1) is 3.27. The second kappa shape index (κ2) is 0.711. The molecule has 0 spiro atoms. The molecule has 0 aromatic heterocycles. The lowest BCUT2D eigenvalue weighted by Crippen LogP contribution is -2.18. The molecule has 4 heavy (non-hydrogen) atoms. The molecule has 0 aliphatic rings. The standard InChI is InChI=1S/CH4N2O/c2-1(3)4/h(H4,2,3,4)/p+2. The van der Waals surface area contributed by atoms with E-state index in [9.17, 15) is 0 Å². The van der Waals surface area contributed by atoms with E-state index >= 15 is 0 Å². The first-order valence-electron chi connectivity index (χ1n) is 0.781. The molecular weight excluding hydrogens is 56.0 g/mol. The average Bonchev–Trinajstić information content (AvgIpc) is 0.811. The minimum absolute atomic E-state index is 0. The lowest BCUT2D eigenvalue weighted by molar-refractivity contribution is 0.256. The molecule has 4 N–H and O–H groups in total. The molecule has 0 bridgehead atoms. The van der Waals surface area contributed by atoms with E-state index in [0.29, 0.717) is 0 Å². The zero-order chi connectivity index (χ0) is 3.58. The molecule has 0 aliphatic carbocycles. The van der Waals surface area contributed by atoms with Crippen molar-refractivity contribution in [1.29, 1.82) is 0 Å². The van der Waals surface area contributed by atoms with Crippen molar-refractivity contribution in [2.75, 3.05) is 0 Å². The fourth-order valence-corrected chi connectivity index (χ4v) is 0. The Hall–Kier alpha value is -0.730. The van der Waals surface area contributed by atoms with Gasteiger partial charge in [-0.25, -0.2) is 4.79 Å². The number of amides is 2. The minimum atomic E-state index is -0.833. The SMILES string of the molecule is NC(N)=O.[H+].[H+]. The molecule has 0 aromatic carbocycles. The van der Waals surface area contributed by atoms with Gasteiger partial charge in [-0.1, -0.05) is 0 Å². The van der Waals surface area contributed by atoms with Crippen molar-refractivity contribution in [3.8, 4) is 0 Å². The molecule has 0 aromatic rings. The van der Waals surface area contributed by atoms with Gasteiger partial charge in [0.1, 0.15) is 0 Å².